The average molecular weight is 760 g/mol. The third-order valence-electron chi connectivity index (χ3n) is 12.7. The van der Waals surface area contributed by atoms with E-state index in [0.717, 1.165) is 84.7 Å². The molecule has 0 N–H and O–H groups in total. The van der Waals surface area contributed by atoms with Gasteiger partial charge in [-0.25, -0.2) is 4.57 Å². The minimum absolute atomic E-state index is 0.225. The number of phosphoric ester groups is 1. The Hall–Kier alpha value is -3.33. The van der Waals surface area contributed by atoms with Crippen LogP contribution in [0.1, 0.15) is 200 Å². The Labute approximate surface area is 332 Å². The zero-order valence-electron chi connectivity index (χ0n) is 35.7. The van der Waals surface area contributed by atoms with Crippen LogP contribution in [0.5, 0.6) is 11.5 Å². The Morgan fingerprint density at radius 2 is 0.764 bits per heavy atom. The van der Waals surface area contributed by atoms with Gasteiger partial charge in [-0.05, 0) is 166 Å². The molecule has 1 aliphatic heterocycles. The van der Waals surface area contributed by atoms with E-state index < -0.39 is 7.82 Å². The predicted octanol–water partition coefficient (Wildman–Crippen LogP) is 14.4. The fourth-order valence-electron chi connectivity index (χ4n) is 9.64. The van der Waals surface area contributed by atoms with Crippen LogP contribution < -0.4 is 13.9 Å². The van der Waals surface area contributed by atoms with E-state index in [9.17, 15) is 9.46 Å². The van der Waals surface area contributed by atoms with Gasteiger partial charge < -0.3 is 13.9 Å². The predicted molar refractivity (Wildman–Crippen MR) is 229 cm³/mol. The summed E-state index contributed by atoms with van der Waals surface area (Å²) in [5.74, 6) is 2.57. The van der Waals surface area contributed by atoms with Crippen molar-refractivity contribution < 1.29 is 18.5 Å². The first-order valence-corrected chi connectivity index (χ1v) is 22.9. The Morgan fingerprint density at radius 3 is 1.05 bits per heavy atom. The van der Waals surface area contributed by atoms with Crippen LogP contribution in [0.3, 0.4) is 0 Å². The van der Waals surface area contributed by atoms with Crippen LogP contribution in [-0.4, -0.2) is 0 Å². The van der Waals surface area contributed by atoms with E-state index in [-0.39, 0.29) is 23.7 Å². The molecular formula is C50H64O4P-. The van der Waals surface area contributed by atoms with E-state index in [0.29, 0.717) is 23.3 Å². The maximum Gasteiger partial charge on any atom is 0.372 e. The van der Waals surface area contributed by atoms with Gasteiger partial charge in [0.15, 0.2) is 0 Å². The van der Waals surface area contributed by atoms with Gasteiger partial charge in [-0.15, -0.1) is 0 Å². The second-order valence-corrected chi connectivity index (χ2v) is 19.9. The van der Waals surface area contributed by atoms with Crippen molar-refractivity contribution in [2.75, 3.05) is 0 Å². The maximum atomic E-state index is 14.6. The Kier molecular flexibility index (Phi) is 11.0. The molecule has 7 rings (SSSR count). The minimum Gasteiger partial charge on any atom is -0.736 e. The monoisotopic (exact) mass is 759 g/mol. The smallest absolute Gasteiger partial charge is 0.372 e. The van der Waals surface area contributed by atoms with E-state index in [2.05, 4.69) is 119 Å². The summed E-state index contributed by atoms with van der Waals surface area (Å²) in [5, 5.41) is 0. The van der Waals surface area contributed by atoms with Crippen LogP contribution in [0.4, 0.5) is 0 Å². The summed E-state index contributed by atoms with van der Waals surface area (Å²) in [6.07, 6.45) is 8.07. The SMILES string of the molecule is CC(C)c1cc(C(C)C)c(-c2cc3c(c4c2OP(=O)([O-])Oc2c(-c5c(C(C)C)cc(C(C)C)cc5C(C)C)cc5c(c2-4)CCCC5)CCCC3)c(C(C)C)c1. The van der Waals surface area contributed by atoms with Gasteiger partial charge in [0, 0.05) is 22.3 Å². The van der Waals surface area contributed by atoms with E-state index in [4.69, 9.17) is 9.05 Å². The molecule has 0 fully saturated rings. The third kappa shape index (κ3) is 7.25. The van der Waals surface area contributed by atoms with Crippen molar-refractivity contribution in [2.45, 2.75) is 170 Å². The molecule has 4 aromatic carbocycles. The molecule has 0 saturated carbocycles. The maximum absolute atomic E-state index is 14.6. The Morgan fingerprint density at radius 1 is 0.455 bits per heavy atom. The lowest BCUT2D eigenvalue weighted by molar-refractivity contribution is -0.208. The van der Waals surface area contributed by atoms with Gasteiger partial charge in [-0.3, -0.25) is 0 Å². The van der Waals surface area contributed by atoms with Gasteiger partial charge >= 0.3 is 7.82 Å². The van der Waals surface area contributed by atoms with Gasteiger partial charge in [0.25, 0.3) is 0 Å². The quantitative estimate of drug-likeness (QED) is 0.168. The first-order chi connectivity index (χ1) is 26.0. The second kappa shape index (κ2) is 15.2. The normalized spacial score (nSPS) is 16.3. The van der Waals surface area contributed by atoms with Crippen molar-refractivity contribution in [1.29, 1.82) is 0 Å². The summed E-state index contributed by atoms with van der Waals surface area (Å²) < 4.78 is 27.6. The van der Waals surface area contributed by atoms with Crippen LogP contribution in [-0.2, 0) is 30.2 Å². The molecule has 2 aliphatic carbocycles. The van der Waals surface area contributed by atoms with Gasteiger partial charge in [0.2, 0.25) is 0 Å². The molecule has 0 aromatic heterocycles. The van der Waals surface area contributed by atoms with E-state index in [1.165, 1.54) is 55.6 Å². The molecule has 3 aliphatic rings. The highest BCUT2D eigenvalue weighted by atomic mass is 31.2. The van der Waals surface area contributed by atoms with Crippen LogP contribution >= 0.6 is 7.82 Å². The molecule has 0 radical (unpaired) electrons. The first kappa shape index (κ1) is 39.9. The topological polar surface area (TPSA) is 58.6 Å². The van der Waals surface area contributed by atoms with Gasteiger partial charge in [-0.2, -0.15) is 0 Å². The number of rotatable bonds is 8. The van der Waals surface area contributed by atoms with Crippen molar-refractivity contribution in [2.24, 2.45) is 0 Å². The van der Waals surface area contributed by atoms with Crippen molar-refractivity contribution in [1.82, 2.24) is 0 Å². The van der Waals surface area contributed by atoms with Crippen LogP contribution in [0.15, 0.2) is 36.4 Å². The number of hydrogen-bond donors (Lipinski definition) is 0. The first-order valence-electron chi connectivity index (χ1n) is 21.4. The summed E-state index contributed by atoms with van der Waals surface area (Å²) in [6.45, 7) is 27.1. The number of fused-ring (bicyclic) bond motifs is 7. The molecule has 294 valence electrons. The molecule has 0 saturated heterocycles. The summed E-state index contributed by atoms with van der Waals surface area (Å²) in [4.78, 5) is 14.6. The molecular weight excluding hydrogens is 696 g/mol. The van der Waals surface area contributed by atoms with Gasteiger partial charge in [0.05, 0.1) is 0 Å². The standard InChI is InChI=1S/C50H65O4P/c1-27(2)35-23-39(29(5)6)45(40(24-35)30(7)8)43-21-33-17-13-15-19-37(33)47-48-38-20-16-14-18-34(38)22-44(50(48)54-55(51,52)53-49(43)47)46-41(31(9)10)25-36(28(3)4)26-42(46)32(11)12/h21-32H,13-20H2,1-12H3,(H,51,52)/p-1. The molecule has 0 amide bonds. The molecule has 4 nitrogen and oxygen atoms in total. The minimum atomic E-state index is -4.92. The lowest BCUT2D eigenvalue weighted by Gasteiger charge is -2.30. The third-order valence-corrected chi connectivity index (χ3v) is 13.5. The average Bonchev–Trinajstić information content (AvgIpc) is 3.26. The van der Waals surface area contributed by atoms with Crippen LogP contribution in [0, 0.1) is 0 Å². The van der Waals surface area contributed by atoms with Crippen LogP contribution in [0.25, 0.3) is 33.4 Å². The number of benzene rings is 4. The summed E-state index contributed by atoms with van der Waals surface area (Å²) in [6, 6.07) is 14.1. The van der Waals surface area contributed by atoms with Gasteiger partial charge in [-0.1, -0.05) is 107 Å². The van der Waals surface area contributed by atoms with Crippen molar-refractivity contribution in [3.63, 3.8) is 0 Å². The van der Waals surface area contributed by atoms with Crippen molar-refractivity contribution in [3.8, 4) is 44.9 Å². The summed E-state index contributed by atoms with van der Waals surface area (Å²) in [5.41, 5.74) is 18.7. The number of hydrogen-bond acceptors (Lipinski definition) is 4. The van der Waals surface area contributed by atoms with Gasteiger partial charge in [0.1, 0.15) is 11.5 Å². The number of phosphoric acid groups is 1. The summed E-state index contributed by atoms with van der Waals surface area (Å²) in [7, 11) is -4.92. The highest BCUT2D eigenvalue weighted by molar-refractivity contribution is 7.46. The highest BCUT2D eigenvalue weighted by Crippen LogP contribution is 2.62. The fourth-order valence-corrected chi connectivity index (χ4v) is 10.5. The fraction of sp³-hybridized carbons (Fsp3) is 0.520. The van der Waals surface area contributed by atoms with Crippen molar-refractivity contribution in [3.05, 3.63) is 92.0 Å². The zero-order valence-corrected chi connectivity index (χ0v) is 36.6. The Balaban J connectivity index is 1.68. The number of aryl methyl sites for hydroxylation is 2. The molecule has 0 atom stereocenters. The lowest BCUT2D eigenvalue weighted by atomic mass is 9.74. The van der Waals surface area contributed by atoms with Crippen LogP contribution in [0.2, 0.25) is 0 Å². The van der Waals surface area contributed by atoms with E-state index >= 15 is 0 Å². The van der Waals surface area contributed by atoms with E-state index in [1.54, 1.807) is 0 Å². The molecule has 4 aromatic rings. The van der Waals surface area contributed by atoms with E-state index in [1.807, 2.05) is 0 Å². The second-order valence-electron chi connectivity index (χ2n) is 18.7. The molecule has 0 bridgehead atoms. The largest absolute Gasteiger partial charge is 0.736 e. The molecule has 55 heavy (non-hydrogen) atoms. The molecule has 0 unspecified atom stereocenters. The molecule has 1 heterocycles. The highest BCUT2D eigenvalue weighted by Gasteiger charge is 2.38. The van der Waals surface area contributed by atoms with Crippen molar-refractivity contribution >= 4 is 7.82 Å². The zero-order chi connectivity index (χ0) is 39.7. The molecule has 5 heteroatoms. The Bertz CT molecular complexity index is 1970. The summed E-state index contributed by atoms with van der Waals surface area (Å²) >= 11 is 0. The molecule has 0 spiro atoms. The lowest BCUT2D eigenvalue weighted by Crippen LogP contribution is -2.14.